The van der Waals surface area contributed by atoms with Gasteiger partial charge >= 0.3 is 12.7 Å². The number of carboxylic acid groups (broad SMARTS) is 1. The molecular formula is C17H19BN3O7-. The number of amides is 1. The van der Waals surface area contributed by atoms with Gasteiger partial charge in [-0.25, -0.2) is 9.78 Å². The first-order valence-corrected chi connectivity index (χ1v) is 8.92. The third-order valence-electron chi connectivity index (χ3n) is 4.90. The molecule has 0 saturated carbocycles. The smallest absolute Gasteiger partial charge is 0.430 e. The van der Waals surface area contributed by atoms with Crippen LogP contribution in [0.15, 0.2) is 24.7 Å². The van der Waals surface area contributed by atoms with Crippen LogP contribution >= 0.6 is 0 Å². The summed E-state index contributed by atoms with van der Waals surface area (Å²) in [5, 5.41) is 29.1. The lowest BCUT2D eigenvalue weighted by Gasteiger charge is -2.40. The molecule has 0 unspecified atom stereocenters. The minimum Gasteiger partial charge on any atom is -0.669 e. The van der Waals surface area contributed by atoms with Crippen LogP contribution in [0.5, 0.6) is 11.5 Å². The average molecular weight is 388 g/mol. The summed E-state index contributed by atoms with van der Waals surface area (Å²) in [5.74, 6) is -1.37. The molecule has 2 aliphatic heterocycles. The number of benzene rings is 1. The summed E-state index contributed by atoms with van der Waals surface area (Å²) in [7, 11) is 0. The number of nitrogens with one attached hydrogen (secondary N) is 1. The number of fused-ring (bicyclic) bond motifs is 1. The Labute approximate surface area is 159 Å². The van der Waals surface area contributed by atoms with E-state index in [-0.39, 0.29) is 41.8 Å². The molecule has 1 fully saturated rings. The van der Waals surface area contributed by atoms with Crippen LogP contribution in [0.1, 0.15) is 21.6 Å². The Kier molecular flexibility index (Phi) is 4.48. The summed E-state index contributed by atoms with van der Waals surface area (Å²) in [6, 6.07) is 3.19. The molecule has 148 valence electrons. The van der Waals surface area contributed by atoms with E-state index in [1.807, 2.05) is 0 Å². The van der Waals surface area contributed by atoms with E-state index in [9.17, 15) is 24.7 Å². The first-order valence-electron chi connectivity index (χ1n) is 8.92. The summed E-state index contributed by atoms with van der Waals surface area (Å²) >= 11 is 0. The van der Waals surface area contributed by atoms with Gasteiger partial charge < -0.3 is 34.4 Å². The number of carbonyl (C=O) groups is 2. The Hall–Kier alpha value is -3.05. The van der Waals surface area contributed by atoms with Crippen LogP contribution in [0, 0.1) is 0 Å². The van der Waals surface area contributed by atoms with Crippen molar-refractivity contribution in [3.8, 4) is 11.5 Å². The van der Waals surface area contributed by atoms with Crippen LogP contribution < -0.4 is 9.39 Å². The van der Waals surface area contributed by atoms with Gasteiger partial charge in [0.05, 0.1) is 31.6 Å². The van der Waals surface area contributed by atoms with Crippen LogP contribution in [0.4, 0.5) is 0 Å². The van der Waals surface area contributed by atoms with Crippen molar-refractivity contribution in [2.24, 2.45) is 0 Å². The second-order valence-electron chi connectivity index (χ2n) is 7.04. The number of rotatable bonds is 5. The van der Waals surface area contributed by atoms with Crippen molar-refractivity contribution in [2.45, 2.75) is 25.3 Å². The van der Waals surface area contributed by atoms with Crippen LogP contribution in [-0.2, 0) is 17.6 Å². The number of aromatic amines is 1. The molecule has 0 radical (unpaired) electrons. The van der Waals surface area contributed by atoms with Gasteiger partial charge in [-0.2, -0.15) is 0 Å². The zero-order valence-electron chi connectivity index (χ0n) is 14.9. The fourth-order valence-electron chi connectivity index (χ4n) is 3.38. The van der Waals surface area contributed by atoms with Crippen LogP contribution in [0.3, 0.4) is 0 Å². The Morgan fingerprint density at radius 3 is 2.82 bits per heavy atom. The lowest BCUT2D eigenvalue weighted by molar-refractivity contribution is -0.139. The zero-order chi connectivity index (χ0) is 19.9. The van der Waals surface area contributed by atoms with E-state index in [2.05, 4.69) is 9.97 Å². The number of carboxylic acids is 1. The van der Waals surface area contributed by atoms with E-state index in [4.69, 9.17) is 9.39 Å². The molecule has 0 atom stereocenters. The largest absolute Gasteiger partial charge is 0.669 e. The molecule has 2 aromatic rings. The number of aryl methyl sites for hydroxylation is 1. The topological polar surface area (TPSA) is 145 Å². The number of hydrogen-bond donors (Lipinski definition) is 4. The molecule has 0 spiro atoms. The maximum atomic E-state index is 12.2. The first-order chi connectivity index (χ1) is 13.3. The standard InChI is InChI=1S/C17H19BN3O7/c22-14(5-11-6-19-9-20-11)21-7-12(8-21)27-13-2-1-10-3-4-18(25,26)28-16(10)15(13)17(23)24/h1-2,6,9,12,25-26H,3-5,7-8H2,(H,19,20)(H,23,24)/q-1. The van der Waals surface area contributed by atoms with Crippen molar-refractivity contribution in [1.29, 1.82) is 0 Å². The summed E-state index contributed by atoms with van der Waals surface area (Å²) in [5.41, 5.74) is 1.05. The Bertz CT molecular complexity index is 910. The van der Waals surface area contributed by atoms with E-state index in [0.29, 0.717) is 30.8 Å². The summed E-state index contributed by atoms with van der Waals surface area (Å²) in [6.07, 6.45) is 3.23. The second kappa shape index (κ2) is 6.84. The maximum absolute atomic E-state index is 12.2. The molecule has 3 heterocycles. The molecule has 4 N–H and O–H groups in total. The van der Waals surface area contributed by atoms with Crippen molar-refractivity contribution >= 4 is 18.6 Å². The van der Waals surface area contributed by atoms with Crippen LogP contribution in [-0.4, -0.2) is 67.8 Å². The van der Waals surface area contributed by atoms with Crippen molar-refractivity contribution in [1.82, 2.24) is 14.9 Å². The van der Waals surface area contributed by atoms with Gasteiger partial charge in [0.2, 0.25) is 5.91 Å². The third kappa shape index (κ3) is 3.53. The number of carbonyl (C=O) groups excluding carboxylic acids is 1. The second-order valence-corrected chi connectivity index (χ2v) is 7.04. The van der Waals surface area contributed by atoms with Gasteiger partial charge in [0.1, 0.15) is 17.4 Å². The van der Waals surface area contributed by atoms with Gasteiger partial charge in [-0.1, -0.05) is 12.4 Å². The Balaban J connectivity index is 1.45. The molecule has 10 nitrogen and oxygen atoms in total. The number of H-pyrrole nitrogens is 1. The molecule has 1 amide bonds. The fraction of sp³-hybridized carbons (Fsp3) is 0.353. The summed E-state index contributed by atoms with van der Waals surface area (Å²) < 4.78 is 10.9. The number of hydrogen-bond acceptors (Lipinski definition) is 7. The normalized spacial score (nSPS) is 18.0. The molecule has 1 aromatic heterocycles. The summed E-state index contributed by atoms with van der Waals surface area (Å²) in [6.45, 7) is -2.43. The van der Waals surface area contributed by atoms with Crippen molar-refractivity contribution in [3.63, 3.8) is 0 Å². The van der Waals surface area contributed by atoms with Gasteiger partial charge in [-0.3, -0.25) is 4.79 Å². The minimum absolute atomic E-state index is 0.00227. The summed E-state index contributed by atoms with van der Waals surface area (Å²) in [4.78, 5) is 32.3. The van der Waals surface area contributed by atoms with Crippen molar-refractivity contribution < 1.29 is 34.1 Å². The molecular weight excluding hydrogens is 369 g/mol. The first kappa shape index (κ1) is 18.3. The molecule has 2 aliphatic rings. The number of likely N-dealkylation sites (tertiary alicyclic amines) is 1. The molecule has 28 heavy (non-hydrogen) atoms. The van der Waals surface area contributed by atoms with Crippen LogP contribution in [0.25, 0.3) is 0 Å². The number of aromatic carboxylic acids is 1. The molecule has 1 saturated heterocycles. The molecule has 0 bridgehead atoms. The van der Waals surface area contributed by atoms with Gasteiger partial charge in [-0.15, -0.1) is 0 Å². The molecule has 4 rings (SSSR count). The molecule has 0 aliphatic carbocycles. The molecule has 11 heteroatoms. The number of nitrogens with zero attached hydrogens (tertiary/aromatic N) is 2. The molecule has 1 aromatic carbocycles. The third-order valence-corrected chi connectivity index (χ3v) is 4.90. The van der Waals surface area contributed by atoms with Crippen molar-refractivity contribution in [2.75, 3.05) is 13.1 Å². The highest BCUT2D eigenvalue weighted by molar-refractivity contribution is 6.59. The average Bonchev–Trinajstić information content (AvgIpc) is 3.08. The Morgan fingerprint density at radius 1 is 1.36 bits per heavy atom. The fourth-order valence-corrected chi connectivity index (χ4v) is 3.38. The van der Waals surface area contributed by atoms with Gasteiger partial charge in [-0.05, 0) is 18.1 Å². The van der Waals surface area contributed by atoms with E-state index in [1.54, 1.807) is 17.2 Å². The van der Waals surface area contributed by atoms with E-state index in [1.165, 1.54) is 12.4 Å². The number of ether oxygens (including phenoxy) is 1. The monoisotopic (exact) mass is 388 g/mol. The van der Waals surface area contributed by atoms with E-state index in [0.717, 1.165) is 0 Å². The van der Waals surface area contributed by atoms with Gasteiger partial charge in [0.15, 0.2) is 0 Å². The lowest BCUT2D eigenvalue weighted by atomic mass is 9.70. The van der Waals surface area contributed by atoms with Gasteiger partial charge in [0.25, 0.3) is 0 Å². The van der Waals surface area contributed by atoms with Crippen LogP contribution in [0.2, 0.25) is 6.32 Å². The van der Waals surface area contributed by atoms with E-state index < -0.39 is 12.7 Å². The highest BCUT2D eigenvalue weighted by Crippen LogP contribution is 2.38. The zero-order valence-corrected chi connectivity index (χ0v) is 14.9. The van der Waals surface area contributed by atoms with Gasteiger partial charge in [0, 0.05) is 11.9 Å². The number of imidazole rings is 1. The minimum atomic E-state index is -3.09. The number of aromatic nitrogens is 2. The lowest BCUT2D eigenvalue weighted by Crippen LogP contribution is -2.56. The van der Waals surface area contributed by atoms with E-state index >= 15 is 0 Å². The SMILES string of the molecule is O=C(O)c1c(OC2CN(C(=O)Cc3cnc[nH]3)C2)ccc2c1O[B-](O)(O)CC2. The maximum Gasteiger partial charge on any atom is 0.430 e. The highest BCUT2D eigenvalue weighted by Gasteiger charge is 2.36. The quantitative estimate of drug-likeness (QED) is 0.516. The Morgan fingerprint density at radius 2 is 2.14 bits per heavy atom. The predicted octanol–water partition coefficient (Wildman–Crippen LogP) is -0.201. The predicted molar refractivity (Wildman–Crippen MR) is 96.0 cm³/mol. The van der Waals surface area contributed by atoms with Crippen molar-refractivity contribution in [3.05, 3.63) is 41.5 Å². The highest BCUT2D eigenvalue weighted by atomic mass is 16.6.